The molecule has 1 aliphatic heterocycles. The summed E-state index contributed by atoms with van der Waals surface area (Å²) in [5, 5.41) is 6.36. The maximum Gasteiger partial charge on any atom is 0.410 e. The summed E-state index contributed by atoms with van der Waals surface area (Å²) in [6.45, 7) is 3.79. The lowest BCUT2D eigenvalue weighted by molar-refractivity contribution is 0.101. The van der Waals surface area contributed by atoms with E-state index >= 15 is 0 Å². The molecule has 0 unspecified atom stereocenters. The van der Waals surface area contributed by atoms with Gasteiger partial charge in [0.15, 0.2) is 0 Å². The first-order valence-corrected chi connectivity index (χ1v) is 10.7. The molecule has 8 heteroatoms. The van der Waals surface area contributed by atoms with Crippen molar-refractivity contribution in [3.63, 3.8) is 0 Å². The molecule has 0 fully saturated rings. The number of nitrogens with one attached hydrogen (secondary N) is 2. The predicted molar refractivity (Wildman–Crippen MR) is 120 cm³/mol. The zero-order valence-electron chi connectivity index (χ0n) is 17.8. The van der Waals surface area contributed by atoms with Crippen LogP contribution < -0.4 is 10.6 Å². The van der Waals surface area contributed by atoms with Gasteiger partial charge in [-0.15, -0.1) is 0 Å². The van der Waals surface area contributed by atoms with Crippen molar-refractivity contribution in [1.29, 1.82) is 0 Å². The van der Waals surface area contributed by atoms with Crippen LogP contribution in [0.1, 0.15) is 35.7 Å². The number of carbonyl (C=O) groups excluding carboxylic acids is 1. The Balaban J connectivity index is 1.22. The highest BCUT2D eigenvalue weighted by Crippen LogP contribution is 2.25. The Bertz CT molecular complexity index is 949. The number of benzene rings is 1. The van der Waals surface area contributed by atoms with Crippen LogP contribution in [0.3, 0.4) is 0 Å². The second-order valence-corrected chi connectivity index (χ2v) is 7.71. The summed E-state index contributed by atoms with van der Waals surface area (Å²) in [6.07, 6.45) is 9.44. The molecule has 2 heterocycles. The summed E-state index contributed by atoms with van der Waals surface area (Å²) in [5.41, 5.74) is 4.62. The van der Waals surface area contributed by atoms with Crippen molar-refractivity contribution in [2.24, 2.45) is 4.99 Å². The van der Waals surface area contributed by atoms with Crippen molar-refractivity contribution >= 4 is 18.4 Å². The summed E-state index contributed by atoms with van der Waals surface area (Å²) in [7, 11) is 0. The van der Waals surface area contributed by atoms with E-state index in [2.05, 4.69) is 49.9 Å². The van der Waals surface area contributed by atoms with Crippen LogP contribution in [0.15, 0.2) is 47.7 Å². The Morgan fingerprint density at radius 1 is 1.26 bits per heavy atom. The number of ether oxygens (including phenoxy) is 1. The Kier molecular flexibility index (Phi) is 6.76. The Morgan fingerprint density at radius 2 is 2.06 bits per heavy atom. The third kappa shape index (κ3) is 5.39. The number of nitrogens with zero attached hydrogens (tertiary/aromatic N) is 4. The van der Waals surface area contributed by atoms with E-state index in [9.17, 15) is 4.79 Å². The van der Waals surface area contributed by atoms with Crippen LogP contribution in [0.2, 0.25) is 0 Å². The van der Waals surface area contributed by atoms with Crippen molar-refractivity contribution in [1.82, 2.24) is 20.2 Å². The number of aromatic nitrogens is 2. The Morgan fingerprint density at radius 3 is 2.84 bits per heavy atom. The first kappa shape index (κ1) is 20.8. The number of anilines is 1. The van der Waals surface area contributed by atoms with Gasteiger partial charge in [-0.3, -0.25) is 9.89 Å². The van der Waals surface area contributed by atoms with Gasteiger partial charge in [-0.25, -0.2) is 14.8 Å². The normalized spacial score (nSPS) is 15.5. The van der Waals surface area contributed by atoms with Crippen molar-refractivity contribution in [2.75, 3.05) is 18.5 Å². The van der Waals surface area contributed by atoms with E-state index in [1.54, 1.807) is 17.4 Å². The predicted octanol–water partition coefficient (Wildman–Crippen LogP) is 3.05. The summed E-state index contributed by atoms with van der Waals surface area (Å²) >= 11 is 0. The molecule has 0 saturated heterocycles. The molecule has 0 atom stereocenters. The summed E-state index contributed by atoms with van der Waals surface area (Å²) in [5.74, 6) is 0.621. The van der Waals surface area contributed by atoms with Crippen LogP contribution >= 0.6 is 0 Å². The monoisotopic (exact) mass is 420 g/mol. The highest BCUT2D eigenvalue weighted by molar-refractivity contribution is 5.68. The number of hydrogen-bond donors (Lipinski definition) is 2. The molecule has 2 N–H and O–H groups in total. The van der Waals surface area contributed by atoms with Crippen LogP contribution in [0.25, 0.3) is 0 Å². The summed E-state index contributed by atoms with van der Waals surface area (Å²) in [6, 6.07) is 8.81. The molecule has 1 aromatic heterocycles. The third-order valence-electron chi connectivity index (χ3n) is 5.38. The Labute approximate surface area is 182 Å². The fourth-order valence-corrected chi connectivity index (χ4v) is 3.86. The van der Waals surface area contributed by atoms with Crippen molar-refractivity contribution < 1.29 is 9.53 Å². The molecule has 0 bridgehead atoms. The summed E-state index contributed by atoms with van der Waals surface area (Å²) in [4.78, 5) is 27.3. The minimum absolute atomic E-state index is 0.300. The second kappa shape index (κ2) is 10.1. The molecular formula is C23H28N6O2. The lowest BCUT2D eigenvalue weighted by Gasteiger charge is -2.14. The number of hydrogen-bond acceptors (Lipinski definition) is 6. The number of amides is 1. The van der Waals surface area contributed by atoms with E-state index < -0.39 is 0 Å². The molecule has 1 aromatic carbocycles. The second-order valence-electron chi connectivity index (χ2n) is 7.71. The van der Waals surface area contributed by atoms with Crippen LogP contribution in [-0.2, 0) is 30.7 Å². The smallest absolute Gasteiger partial charge is 0.410 e. The van der Waals surface area contributed by atoms with Crippen molar-refractivity contribution in [3.8, 4) is 0 Å². The van der Waals surface area contributed by atoms with Gasteiger partial charge in [-0.2, -0.15) is 0 Å². The van der Waals surface area contributed by atoms with E-state index in [0.29, 0.717) is 44.7 Å². The van der Waals surface area contributed by atoms with E-state index in [4.69, 9.17) is 4.74 Å². The quantitative estimate of drug-likeness (QED) is 0.387. The van der Waals surface area contributed by atoms with Crippen LogP contribution in [0.4, 0.5) is 10.7 Å². The van der Waals surface area contributed by atoms with Crippen LogP contribution in [0.5, 0.6) is 0 Å². The zero-order valence-corrected chi connectivity index (χ0v) is 17.8. The average Bonchev–Trinajstić information content (AvgIpc) is 3.38. The fraction of sp³-hybridized carbons (Fsp3) is 0.391. The number of rotatable bonds is 8. The largest absolute Gasteiger partial charge is 0.449 e. The molecule has 1 aliphatic carbocycles. The number of carbonyl (C=O) groups is 1. The first-order chi connectivity index (χ1) is 15.2. The van der Waals surface area contributed by atoms with E-state index in [-0.39, 0.29) is 6.09 Å². The Hall–Kier alpha value is -3.42. The number of allylic oxidation sites excluding steroid dienone is 1. The molecule has 0 saturated carbocycles. The lowest BCUT2D eigenvalue weighted by Crippen LogP contribution is -2.26. The van der Waals surface area contributed by atoms with Gasteiger partial charge >= 0.3 is 6.09 Å². The maximum absolute atomic E-state index is 12.4. The van der Waals surface area contributed by atoms with Gasteiger partial charge in [0, 0.05) is 30.8 Å². The topological polar surface area (TPSA) is 91.7 Å². The van der Waals surface area contributed by atoms with Gasteiger partial charge in [-0.1, -0.05) is 30.3 Å². The van der Waals surface area contributed by atoms with Gasteiger partial charge in [0.25, 0.3) is 0 Å². The highest BCUT2D eigenvalue weighted by Gasteiger charge is 2.27. The van der Waals surface area contributed by atoms with Gasteiger partial charge in [-0.05, 0) is 37.1 Å². The molecule has 162 valence electrons. The van der Waals surface area contributed by atoms with Crippen molar-refractivity contribution in [3.05, 3.63) is 65.1 Å². The molecule has 1 amide bonds. The standard InChI is InChI=1S/C23H28N6O2/c1-2-8-24-16-25-9-5-10-31-23(30)29-14-19-13-26-22(28-21(19)15-29)27-20-11-17-6-3-4-7-18(17)12-20/h2-4,6-8,13,16,20H,5,9-12,14-15H2,1H3,(H,24,25)(H,26,27,28)/b8-2-. The lowest BCUT2D eigenvalue weighted by atomic mass is 10.1. The molecule has 0 spiro atoms. The number of fused-ring (bicyclic) bond motifs is 2. The zero-order chi connectivity index (χ0) is 21.5. The third-order valence-corrected chi connectivity index (χ3v) is 5.38. The number of aliphatic imine (C=N–C) groups is 1. The van der Waals surface area contributed by atoms with Crippen LogP contribution in [0, 0.1) is 0 Å². The van der Waals surface area contributed by atoms with Crippen LogP contribution in [-0.4, -0.2) is 46.5 Å². The molecule has 2 aliphatic rings. The molecule has 31 heavy (non-hydrogen) atoms. The minimum Gasteiger partial charge on any atom is -0.449 e. The summed E-state index contributed by atoms with van der Waals surface area (Å²) < 4.78 is 5.37. The minimum atomic E-state index is -0.324. The first-order valence-electron chi connectivity index (χ1n) is 10.7. The molecule has 0 radical (unpaired) electrons. The van der Waals surface area contributed by atoms with Crippen molar-refractivity contribution in [2.45, 2.75) is 45.3 Å². The molecular weight excluding hydrogens is 392 g/mol. The van der Waals surface area contributed by atoms with E-state index in [1.807, 2.05) is 19.2 Å². The average molecular weight is 421 g/mol. The van der Waals surface area contributed by atoms with Gasteiger partial charge < -0.3 is 15.4 Å². The highest BCUT2D eigenvalue weighted by atomic mass is 16.6. The maximum atomic E-state index is 12.4. The van der Waals surface area contributed by atoms with E-state index in [1.165, 1.54) is 11.1 Å². The van der Waals surface area contributed by atoms with Gasteiger partial charge in [0.2, 0.25) is 5.95 Å². The molecule has 2 aromatic rings. The SMILES string of the molecule is C/C=C\NC=NCCCOC(=O)N1Cc2cnc(NC3Cc4ccccc4C3)nc2C1. The fourth-order valence-electron chi connectivity index (χ4n) is 3.86. The molecule has 8 nitrogen and oxygen atoms in total. The van der Waals surface area contributed by atoms with E-state index in [0.717, 1.165) is 24.1 Å². The van der Waals surface area contributed by atoms with Gasteiger partial charge in [0.05, 0.1) is 31.7 Å². The van der Waals surface area contributed by atoms with Gasteiger partial charge in [0.1, 0.15) is 0 Å². The molecule has 4 rings (SSSR count).